The van der Waals surface area contributed by atoms with Gasteiger partial charge in [-0.2, -0.15) is 4.98 Å². The van der Waals surface area contributed by atoms with Crippen LogP contribution in [-0.4, -0.2) is 29.8 Å². The Bertz CT molecular complexity index is 650. The van der Waals surface area contributed by atoms with E-state index in [0.29, 0.717) is 18.4 Å². The molecule has 0 atom stereocenters. The van der Waals surface area contributed by atoms with Crippen molar-refractivity contribution in [2.75, 3.05) is 13.7 Å². The third kappa shape index (κ3) is 4.45. The van der Waals surface area contributed by atoms with E-state index in [2.05, 4.69) is 20.8 Å². The summed E-state index contributed by atoms with van der Waals surface area (Å²) in [6, 6.07) is 7.53. The Morgan fingerprint density at radius 2 is 2.09 bits per heavy atom. The number of carbonyl (C=O) groups is 1. The summed E-state index contributed by atoms with van der Waals surface area (Å²) < 4.78 is 10.2. The fourth-order valence-corrected chi connectivity index (χ4v) is 2.18. The van der Waals surface area contributed by atoms with Crippen LogP contribution in [0.4, 0.5) is 4.79 Å². The standard InChI is InChI=1S/C16H20N4O3/c1-22-13-6-2-11(3-7-13)8-9-17-16(21)18-10-14-19-15(20-23-14)12-4-5-12/h2-3,6-7,12H,4-5,8-10H2,1H3,(H2,17,18,21). The van der Waals surface area contributed by atoms with Crippen LogP contribution in [0, 0.1) is 0 Å². The van der Waals surface area contributed by atoms with E-state index in [1.165, 1.54) is 0 Å². The summed E-state index contributed by atoms with van der Waals surface area (Å²) in [7, 11) is 1.64. The van der Waals surface area contributed by atoms with Gasteiger partial charge in [0.1, 0.15) is 5.75 Å². The number of methoxy groups -OCH3 is 1. The van der Waals surface area contributed by atoms with Gasteiger partial charge in [0.15, 0.2) is 5.82 Å². The van der Waals surface area contributed by atoms with Gasteiger partial charge in [0.05, 0.1) is 13.7 Å². The molecule has 1 aromatic carbocycles. The maximum atomic E-state index is 11.7. The fraction of sp³-hybridized carbons (Fsp3) is 0.438. The first kappa shape index (κ1) is 15.3. The molecule has 3 rings (SSSR count). The first-order chi connectivity index (χ1) is 11.2. The number of amides is 2. The van der Waals surface area contributed by atoms with Crippen molar-refractivity contribution in [2.45, 2.75) is 31.7 Å². The molecular formula is C16H20N4O3. The molecule has 1 heterocycles. The van der Waals surface area contributed by atoms with Gasteiger partial charge in [-0.25, -0.2) is 4.79 Å². The number of aromatic nitrogens is 2. The SMILES string of the molecule is COc1ccc(CCNC(=O)NCc2nc(C3CC3)no2)cc1. The molecular weight excluding hydrogens is 296 g/mol. The van der Waals surface area contributed by atoms with Crippen LogP contribution in [0.5, 0.6) is 5.75 Å². The first-order valence-corrected chi connectivity index (χ1v) is 7.71. The molecule has 2 aromatic rings. The van der Waals surface area contributed by atoms with Crippen molar-refractivity contribution >= 4 is 6.03 Å². The van der Waals surface area contributed by atoms with Gasteiger partial charge in [-0.05, 0) is 37.0 Å². The van der Waals surface area contributed by atoms with Crippen LogP contribution < -0.4 is 15.4 Å². The summed E-state index contributed by atoms with van der Waals surface area (Å²) in [4.78, 5) is 16.0. The lowest BCUT2D eigenvalue weighted by Crippen LogP contribution is -2.36. The number of nitrogens with zero attached hydrogens (tertiary/aromatic N) is 2. The molecule has 23 heavy (non-hydrogen) atoms. The van der Waals surface area contributed by atoms with Gasteiger partial charge < -0.3 is 19.9 Å². The Morgan fingerprint density at radius 3 is 2.78 bits per heavy atom. The van der Waals surface area contributed by atoms with Gasteiger partial charge in [-0.1, -0.05) is 17.3 Å². The summed E-state index contributed by atoms with van der Waals surface area (Å²) in [5, 5.41) is 9.41. The minimum absolute atomic E-state index is 0.244. The van der Waals surface area contributed by atoms with Crippen molar-refractivity contribution in [3.63, 3.8) is 0 Å². The average Bonchev–Trinajstić information content (AvgIpc) is 3.32. The van der Waals surface area contributed by atoms with Crippen LogP contribution in [0.3, 0.4) is 0 Å². The van der Waals surface area contributed by atoms with Crippen LogP contribution in [0.1, 0.15) is 36.0 Å². The summed E-state index contributed by atoms with van der Waals surface area (Å²) in [5.41, 5.74) is 1.14. The van der Waals surface area contributed by atoms with E-state index in [9.17, 15) is 4.79 Å². The monoisotopic (exact) mass is 316 g/mol. The van der Waals surface area contributed by atoms with E-state index in [4.69, 9.17) is 9.26 Å². The maximum absolute atomic E-state index is 11.7. The van der Waals surface area contributed by atoms with Crippen molar-refractivity contribution in [3.8, 4) is 5.75 Å². The average molecular weight is 316 g/mol. The second-order valence-electron chi connectivity index (χ2n) is 5.53. The van der Waals surface area contributed by atoms with Gasteiger partial charge in [-0.3, -0.25) is 0 Å². The molecule has 1 saturated carbocycles. The zero-order chi connectivity index (χ0) is 16.1. The number of nitrogens with one attached hydrogen (secondary N) is 2. The molecule has 0 spiro atoms. The molecule has 1 aliphatic carbocycles. The number of ether oxygens (including phenoxy) is 1. The molecule has 0 radical (unpaired) electrons. The molecule has 0 aliphatic heterocycles. The molecule has 0 bridgehead atoms. The lowest BCUT2D eigenvalue weighted by atomic mass is 10.1. The molecule has 0 unspecified atom stereocenters. The largest absolute Gasteiger partial charge is 0.497 e. The summed E-state index contributed by atoms with van der Waals surface area (Å²) in [6.45, 7) is 0.795. The van der Waals surface area contributed by atoms with Crippen molar-refractivity contribution < 1.29 is 14.1 Å². The van der Waals surface area contributed by atoms with Crippen molar-refractivity contribution in [1.82, 2.24) is 20.8 Å². The molecule has 1 aromatic heterocycles. The van der Waals surface area contributed by atoms with Crippen LogP contribution in [-0.2, 0) is 13.0 Å². The van der Waals surface area contributed by atoms with E-state index < -0.39 is 0 Å². The Labute approximate surface area is 134 Å². The zero-order valence-electron chi connectivity index (χ0n) is 13.0. The Morgan fingerprint density at radius 1 is 1.30 bits per heavy atom. The fourth-order valence-electron chi connectivity index (χ4n) is 2.18. The van der Waals surface area contributed by atoms with E-state index in [0.717, 1.165) is 36.4 Å². The van der Waals surface area contributed by atoms with Crippen molar-refractivity contribution in [2.24, 2.45) is 0 Å². The van der Waals surface area contributed by atoms with Gasteiger partial charge in [0.25, 0.3) is 0 Å². The number of urea groups is 1. The minimum atomic E-state index is -0.246. The molecule has 0 saturated heterocycles. The topological polar surface area (TPSA) is 89.3 Å². The lowest BCUT2D eigenvalue weighted by Gasteiger charge is -2.06. The summed E-state index contributed by atoms with van der Waals surface area (Å²) in [5.74, 6) is 2.47. The third-order valence-electron chi connectivity index (χ3n) is 3.68. The summed E-state index contributed by atoms with van der Waals surface area (Å²) >= 11 is 0. The molecule has 122 valence electrons. The van der Waals surface area contributed by atoms with Crippen LogP contribution in [0.25, 0.3) is 0 Å². The highest BCUT2D eigenvalue weighted by Gasteiger charge is 2.28. The quantitative estimate of drug-likeness (QED) is 0.815. The molecule has 2 N–H and O–H groups in total. The molecule has 2 amide bonds. The number of rotatable bonds is 7. The van der Waals surface area contributed by atoms with E-state index in [1.807, 2.05) is 24.3 Å². The molecule has 7 nitrogen and oxygen atoms in total. The number of hydrogen-bond donors (Lipinski definition) is 2. The molecule has 1 aliphatic rings. The minimum Gasteiger partial charge on any atom is -0.497 e. The van der Waals surface area contributed by atoms with Crippen molar-refractivity contribution in [3.05, 3.63) is 41.5 Å². The number of hydrogen-bond acceptors (Lipinski definition) is 5. The number of carbonyl (C=O) groups excluding carboxylic acids is 1. The van der Waals surface area contributed by atoms with Crippen molar-refractivity contribution in [1.29, 1.82) is 0 Å². The molecule has 7 heteroatoms. The highest BCUT2D eigenvalue weighted by Crippen LogP contribution is 2.37. The Hall–Kier alpha value is -2.57. The normalized spacial score (nSPS) is 13.6. The lowest BCUT2D eigenvalue weighted by molar-refractivity contribution is 0.238. The van der Waals surface area contributed by atoms with Gasteiger partial charge in [0, 0.05) is 12.5 Å². The highest BCUT2D eigenvalue weighted by molar-refractivity contribution is 5.73. The van der Waals surface area contributed by atoms with Gasteiger partial charge in [0.2, 0.25) is 5.89 Å². The maximum Gasteiger partial charge on any atom is 0.315 e. The van der Waals surface area contributed by atoms with E-state index >= 15 is 0 Å². The Balaban J connectivity index is 1.35. The first-order valence-electron chi connectivity index (χ1n) is 7.71. The predicted octanol–water partition coefficient (Wildman–Crippen LogP) is 2.00. The zero-order valence-corrected chi connectivity index (χ0v) is 13.0. The van der Waals surface area contributed by atoms with Crippen LogP contribution >= 0.6 is 0 Å². The Kier molecular flexibility index (Phi) is 4.75. The van der Waals surface area contributed by atoms with E-state index in [-0.39, 0.29) is 12.6 Å². The number of benzene rings is 1. The second kappa shape index (κ2) is 7.13. The summed E-state index contributed by atoms with van der Waals surface area (Å²) in [6.07, 6.45) is 3.00. The molecule has 1 fully saturated rings. The third-order valence-corrected chi connectivity index (χ3v) is 3.68. The van der Waals surface area contributed by atoms with Gasteiger partial charge >= 0.3 is 6.03 Å². The van der Waals surface area contributed by atoms with E-state index in [1.54, 1.807) is 7.11 Å². The predicted molar refractivity (Wildman–Crippen MR) is 83.2 cm³/mol. The second-order valence-corrected chi connectivity index (χ2v) is 5.53. The highest BCUT2D eigenvalue weighted by atomic mass is 16.5. The smallest absolute Gasteiger partial charge is 0.315 e. The van der Waals surface area contributed by atoms with Crippen LogP contribution in [0.15, 0.2) is 28.8 Å². The van der Waals surface area contributed by atoms with Crippen LogP contribution in [0.2, 0.25) is 0 Å². The van der Waals surface area contributed by atoms with Gasteiger partial charge in [-0.15, -0.1) is 0 Å².